The van der Waals surface area contributed by atoms with Crippen molar-refractivity contribution in [1.82, 2.24) is 10.3 Å². The standard InChI is InChI=1S/C17H29N3O/c1-12-10-20(11-13(2)21-12)16-8-14(9-18-6)7-15(19-16)17(3,4)5/h7-8,12-13,18H,9-11H2,1-6H3. The van der Waals surface area contributed by atoms with Crippen LogP contribution < -0.4 is 10.2 Å². The predicted octanol–water partition coefficient (Wildman–Crippen LogP) is 2.71. The second-order valence-corrected chi connectivity index (χ2v) is 7.16. The molecular formula is C17H29N3O. The molecule has 0 spiro atoms. The lowest BCUT2D eigenvalue weighted by molar-refractivity contribution is -0.00547. The van der Waals surface area contributed by atoms with E-state index in [0.717, 1.165) is 31.1 Å². The molecule has 0 aliphatic carbocycles. The number of nitrogens with zero attached hydrogens (tertiary/aromatic N) is 2. The molecule has 1 aliphatic heterocycles. The van der Waals surface area contributed by atoms with E-state index in [1.54, 1.807) is 0 Å². The fourth-order valence-electron chi connectivity index (χ4n) is 2.79. The highest BCUT2D eigenvalue weighted by Gasteiger charge is 2.25. The highest BCUT2D eigenvalue weighted by atomic mass is 16.5. The van der Waals surface area contributed by atoms with Gasteiger partial charge in [-0.15, -0.1) is 0 Å². The molecule has 4 nitrogen and oxygen atoms in total. The number of rotatable bonds is 3. The molecule has 21 heavy (non-hydrogen) atoms. The number of morpholine rings is 1. The van der Waals surface area contributed by atoms with E-state index in [1.807, 2.05) is 7.05 Å². The molecule has 4 heteroatoms. The number of hydrogen-bond donors (Lipinski definition) is 1. The summed E-state index contributed by atoms with van der Waals surface area (Å²) in [6.45, 7) is 13.6. The van der Waals surface area contributed by atoms with Gasteiger partial charge < -0.3 is 15.0 Å². The summed E-state index contributed by atoms with van der Waals surface area (Å²) in [5, 5.41) is 3.24. The molecule has 1 aromatic heterocycles. The lowest BCUT2D eigenvalue weighted by atomic mass is 9.90. The number of hydrogen-bond acceptors (Lipinski definition) is 4. The van der Waals surface area contributed by atoms with E-state index in [1.165, 1.54) is 5.56 Å². The minimum Gasteiger partial charge on any atom is -0.372 e. The Bertz CT molecular complexity index is 471. The van der Waals surface area contributed by atoms with Crippen molar-refractivity contribution >= 4 is 5.82 Å². The van der Waals surface area contributed by atoms with E-state index in [-0.39, 0.29) is 17.6 Å². The lowest BCUT2D eigenvalue weighted by Crippen LogP contribution is -2.46. The second kappa shape index (κ2) is 6.32. The third-order valence-corrected chi connectivity index (χ3v) is 3.76. The predicted molar refractivity (Wildman–Crippen MR) is 87.9 cm³/mol. The molecule has 0 amide bonds. The number of anilines is 1. The Morgan fingerprint density at radius 3 is 2.38 bits per heavy atom. The summed E-state index contributed by atoms with van der Waals surface area (Å²) in [7, 11) is 1.98. The van der Waals surface area contributed by atoms with Crippen molar-refractivity contribution in [2.45, 2.75) is 58.8 Å². The van der Waals surface area contributed by atoms with Crippen molar-refractivity contribution < 1.29 is 4.74 Å². The van der Waals surface area contributed by atoms with Crippen LogP contribution in [0.1, 0.15) is 45.9 Å². The summed E-state index contributed by atoms with van der Waals surface area (Å²) in [5.41, 5.74) is 2.50. The monoisotopic (exact) mass is 291 g/mol. The zero-order chi connectivity index (χ0) is 15.6. The van der Waals surface area contributed by atoms with Crippen LogP contribution in [-0.2, 0) is 16.7 Å². The van der Waals surface area contributed by atoms with Gasteiger partial charge in [-0.2, -0.15) is 0 Å². The maximum absolute atomic E-state index is 5.83. The van der Waals surface area contributed by atoms with Crippen LogP contribution in [0.4, 0.5) is 5.82 Å². The normalized spacial score (nSPS) is 23.4. The van der Waals surface area contributed by atoms with Crippen molar-refractivity contribution in [2.24, 2.45) is 0 Å². The van der Waals surface area contributed by atoms with Crippen molar-refractivity contribution in [3.8, 4) is 0 Å². The molecule has 0 radical (unpaired) electrons. The van der Waals surface area contributed by atoms with Gasteiger partial charge in [0.05, 0.1) is 12.2 Å². The number of nitrogens with one attached hydrogen (secondary N) is 1. The molecule has 0 aromatic carbocycles. The second-order valence-electron chi connectivity index (χ2n) is 7.16. The summed E-state index contributed by atoms with van der Waals surface area (Å²) in [4.78, 5) is 7.28. The van der Waals surface area contributed by atoms with Crippen LogP contribution in [-0.4, -0.2) is 37.3 Å². The Balaban J connectivity index is 2.35. The third-order valence-electron chi connectivity index (χ3n) is 3.76. The molecule has 1 fully saturated rings. The first-order chi connectivity index (χ1) is 9.79. The smallest absolute Gasteiger partial charge is 0.129 e. The first-order valence-electron chi connectivity index (χ1n) is 7.86. The van der Waals surface area contributed by atoms with E-state index >= 15 is 0 Å². The van der Waals surface area contributed by atoms with E-state index in [2.05, 4.69) is 57.0 Å². The van der Waals surface area contributed by atoms with E-state index in [9.17, 15) is 0 Å². The Hall–Kier alpha value is -1.13. The molecule has 2 heterocycles. The first kappa shape index (κ1) is 16.2. The van der Waals surface area contributed by atoms with Gasteiger partial charge in [-0.3, -0.25) is 0 Å². The maximum atomic E-state index is 5.83. The Kier molecular flexibility index (Phi) is 4.89. The van der Waals surface area contributed by atoms with Crippen LogP contribution in [0.25, 0.3) is 0 Å². The molecule has 1 saturated heterocycles. The molecular weight excluding hydrogens is 262 g/mol. The van der Waals surface area contributed by atoms with Crippen molar-refractivity contribution in [2.75, 3.05) is 25.0 Å². The van der Waals surface area contributed by atoms with Crippen molar-refractivity contribution in [1.29, 1.82) is 0 Å². The number of aromatic nitrogens is 1. The van der Waals surface area contributed by atoms with Gasteiger partial charge in [0.25, 0.3) is 0 Å². The average molecular weight is 291 g/mol. The van der Waals surface area contributed by atoms with Gasteiger partial charge >= 0.3 is 0 Å². The van der Waals surface area contributed by atoms with Crippen LogP contribution in [0.3, 0.4) is 0 Å². The highest BCUT2D eigenvalue weighted by Crippen LogP contribution is 2.26. The summed E-state index contributed by atoms with van der Waals surface area (Å²) in [5.74, 6) is 1.08. The fourth-order valence-corrected chi connectivity index (χ4v) is 2.79. The van der Waals surface area contributed by atoms with Crippen LogP contribution in [0, 0.1) is 0 Å². The Labute approximate surface area is 128 Å². The SMILES string of the molecule is CNCc1cc(N2CC(C)OC(C)C2)nc(C(C)(C)C)c1. The Morgan fingerprint density at radius 2 is 1.86 bits per heavy atom. The summed E-state index contributed by atoms with van der Waals surface area (Å²) >= 11 is 0. The zero-order valence-electron chi connectivity index (χ0n) is 14.2. The van der Waals surface area contributed by atoms with Gasteiger partial charge in [0.2, 0.25) is 0 Å². The van der Waals surface area contributed by atoms with Gasteiger partial charge in [-0.05, 0) is 38.6 Å². The molecule has 2 unspecified atom stereocenters. The number of pyridine rings is 1. The molecule has 2 rings (SSSR count). The quantitative estimate of drug-likeness (QED) is 0.929. The minimum absolute atomic E-state index is 0.0576. The fraction of sp³-hybridized carbons (Fsp3) is 0.706. The zero-order valence-corrected chi connectivity index (χ0v) is 14.2. The maximum Gasteiger partial charge on any atom is 0.129 e. The summed E-state index contributed by atoms with van der Waals surface area (Å²) in [6.07, 6.45) is 0.503. The van der Waals surface area contributed by atoms with Crippen LogP contribution in [0.5, 0.6) is 0 Å². The molecule has 118 valence electrons. The van der Waals surface area contributed by atoms with Crippen LogP contribution >= 0.6 is 0 Å². The lowest BCUT2D eigenvalue weighted by Gasteiger charge is -2.36. The minimum atomic E-state index is 0.0576. The molecule has 2 atom stereocenters. The van der Waals surface area contributed by atoms with Gasteiger partial charge in [-0.25, -0.2) is 4.98 Å². The van der Waals surface area contributed by atoms with E-state index in [0.29, 0.717) is 0 Å². The van der Waals surface area contributed by atoms with Crippen LogP contribution in [0.2, 0.25) is 0 Å². The van der Waals surface area contributed by atoms with Crippen molar-refractivity contribution in [3.05, 3.63) is 23.4 Å². The molecule has 1 aliphatic rings. The molecule has 1 aromatic rings. The van der Waals surface area contributed by atoms with Crippen molar-refractivity contribution in [3.63, 3.8) is 0 Å². The molecule has 1 N–H and O–H groups in total. The number of ether oxygens (including phenoxy) is 1. The molecule has 0 saturated carbocycles. The van der Waals surface area contributed by atoms with E-state index < -0.39 is 0 Å². The van der Waals surface area contributed by atoms with Gasteiger partial charge in [0.15, 0.2) is 0 Å². The average Bonchev–Trinajstić information content (AvgIpc) is 2.36. The highest BCUT2D eigenvalue weighted by molar-refractivity contribution is 5.44. The summed E-state index contributed by atoms with van der Waals surface area (Å²) in [6, 6.07) is 4.42. The Morgan fingerprint density at radius 1 is 1.24 bits per heavy atom. The van der Waals surface area contributed by atoms with Gasteiger partial charge in [-0.1, -0.05) is 20.8 Å². The van der Waals surface area contributed by atoms with Gasteiger partial charge in [0, 0.05) is 30.7 Å². The molecule has 0 bridgehead atoms. The largest absolute Gasteiger partial charge is 0.372 e. The first-order valence-corrected chi connectivity index (χ1v) is 7.86. The third kappa shape index (κ3) is 4.17. The van der Waals surface area contributed by atoms with Crippen LogP contribution in [0.15, 0.2) is 12.1 Å². The summed E-state index contributed by atoms with van der Waals surface area (Å²) < 4.78 is 5.83. The van der Waals surface area contributed by atoms with E-state index in [4.69, 9.17) is 9.72 Å². The van der Waals surface area contributed by atoms with Gasteiger partial charge in [0.1, 0.15) is 5.82 Å². The topological polar surface area (TPSA) is 37.4 Å².